The van der Waals surface area contributed by atoms with Gasteiger partial charge in [0.2, 0.25) is 0 Å². The molecular weight excluding hydrogens is 347 g/mol. The molecule has 1 aromatic heterocycles. The molecule has 7 heteroatoms. The number of nitrogens with one attached hydrogen (secondary N) is 2. The molecule has 24 heavy (non-hydrogen) atoms. The largest absolute Gasteiger partial charge is 0.339 e. The highest BCUT2D eigenvalue weighted by molar-refractivity contribution is 6.31. The number of benzene rings is 2. The van der Waals surface area contributed by atoms with E-state index in [0.717, 1.165) is 5.69 Å². The van der Waals surface area contributed by atoms with Crippen LogP contribution in [0.2, 0.25) is 10.0 Å². The van der Waals surface area contributed by atoms with Crippen molar-refractivity contribution in [3.05, 3.63) is 76.4 Å². The van der Waals surface area contributed by atoms with Gasteiger partial charge in [0, 0.05) is 21.4 Å². The van der Waals surface area contributed by atoms with Crippen LogP contribution in [0.25, 0.3) is 0 Å². The molecule has 0 radical (unpaired) electrons. The van der Waals surface area contributed by atoms with Crippen molar-refractivity contribution >= 4 is 46.3 Å². The van der Waals surface area contributed by atoms with E-state index in [4.69, 9.17) is 23.2 Å². The molecule has 0 saturated heterocycles. The quantitative estimate of drug-likeness (QED) is 0.704. The molecule has 3 rings (SSSR count). The number of nitrogens with zero attached hydrogens (tertiary/aromatic N) is 2. The second-order valence-corrected chi connectivity index (χ2v) is 5.77. The molecule has 3 aromatic rings. The van der Waals surface area contributed by atoms with Crippen molar-refractivity contribution in [1.29, 1.82) is 0 Å². The van der Waals surface area contributed by atoms with E-state index >= 15 is 0 Å². The smallest absolute Gasteiger partial charge is 0.276 e. The third-order valence-corrected chi connectivity index (χ3v) is 3.58. The van der Waals surface area contributed by atoms with Crippen molar-refractivity contribution < 1.29 is 4.79 Å². The summed E-state index contributed by atoms with van der Waals surface area (Å²) in [6.45, 7) is 0. The third kappa shape index (κ3) is 4.22. The lowest BCUT2D eigenvalue weighted by Gasteiger charge is -2.07. The Kier molecular flexibility index (Phi) is 4.93. The van der Waals surface area contributed by atoms with Gasteiger partial charge in [-0.1, -0.05) is 29.3 Å². The highest BCUT2D eigenvalue weighted by Crippen LogP contribution is 2.19. The van der Waals surface area contributed by atoms with Crippen molar-refractivity contribution in [2.75, 3.05) is 10.6 Å². The number of aromatic nitrogens is 2. The summed E-state index contributed by atoms with van der Waals surface area (Å²) in [5.41, 5.74) is 1.63. The first kappa shape index (κ1) is 16.2. The Balaban J connectivity index is 1.67. The van der Waals surface area contributed by atoms with Gasteiger partial charge in [0.25, 0.3) is 5.91 Å². The van der Waals surface area contributed by atoms with Gasteiger partial charge in [-0.3, -0.25) is 4.79 Å². The van der Waals surface area contributed by atoms with Gasteiger partial charge in [-0.25, -0.2) is 0 Å². The van der Waals surface area contributed by atoms with Crippen LogP contribution in [0.4, 0.5) is 17.2 Å². The fraction of sp³-hybridized carbons (Fsp3) is 0. The average Bonchev–Trinajstić information content (AvgIpc) is 2.57. The van der Waals surface area contributed by atoms with E-state index in [1.165, 1.54) is 0 Å². The first-order valence-corrected chi connectivity index (χ1v) is 7.79. The minimum atomic E-state index is -0.348. The molecule has 5 nitrogen and oxygen atoms in total. The molecule has 2 N–H and O–H groups in total. The maximum absolute atomic E-state index is 12.1. The Labute approximate surface area is 148 Å². The lowest BCUT2D eigenvalue weighted by atomic mass is 10.3. The molecular formula is C17H12Cl2N4O. The van der Waals surface area contributed by atoms with Crippen LogP contribution in [-0.2, 0) is 0 Å². The molecule has 1 heterocycles. The summed E-state index contributed by atoms with van der Waals surface area (Å²) in [5, 5.41) is 14.9. The van der Waals surface area contributed by atoms with Crippen LogP contribution in [0.1, 0.15) is 10.5 Å². The second kappa shape index (κ2) is 7.29. The predicted octanol–water partition coefficient (Wildman–Crippen LogP) is 4.78. The number of anilines is 3. The molecule has 0 atom stereocenters. The molecule has 2 aromatic carbocycles. The summed E-state index contributed by atoms with van der Waals surface area (Å²) in [5.74, 6) is 0.166. The molecule has 0 bridgehead atoms. The van der Waals surface area contributed by atoms with E-state index in [9.17, 15) is 4.79 Å². The van der Waals surface area contributed by atoms with Gasteiger partial charge < -0.3 is 10.6 Å². The normalized spacial score (nSPS) is 10.2. The zero-order valence-corrected chi connectivity index (χ0v) is 13.8. The number of rotatable bonds is 4. The van der Waals surface area contributed by atoms with Crippen molar-refractivity contribution in [3.8, 4) is 0 Å². The Morgan fingerprint density at radius 2 is 1.62 bits per heavy atom. The van der Waals surface area contributed by atoms with Crippen LogP contribution in [0.3, 0.4) is 0 Å². The molecule has 1 amide bonds. The number of carbonyl (C=O) groups excluding carboxylic acids is 1. The summed E-state index contributed by atoms with van der Waals surface area (Å²) in [6.07, 6.45) is 0. The molecule has 0 unspecified atom stereocenters. The van der Waals surface area contributed by atoms with Crippen molar-refractivity contribution in [2.45, 2.75) is 0 Å². The topological polar surface area (TPSA) is 66.9 Å². The molecule has 0 fully saturated rings. The van der Waals surface area contributed by atoms with E-state index in [0.29, 0.717) is 21.6 Å². The molecule has 0 aliphatic carbocycles. The summed E-state index contributed by atoms with van der Waals surface area (Å²) in [4.78, 5) is 12.1. The van der Waals surface area contributed by atoms with Gasteiger partial charge in [0.1, 0.15) is 0 Å². The molecule has 120 valence electrons. The van der Waals surface area contributed by atoms with Gasteiger partial charge in [0.15, 0.2) is 11.5 Å². The summed E-state index contributed by atoms with van der Waals surface area (Å²) < 4.78 is 0. The summed E-state index contributed by atoms with van der Waals surface area (Å²) in [6, 6.07) is 17.3. The zero-order valence-electron chi connectivity index (χ0n) is 12.3. The fourth-order valence-corrected chi connectivity index (χ4v) is 2.28. The van der Waals surface area contributed by atoms with Crippen LogP contribution in [0.15, 0.2) is 60.7 Å². The molecule has 0 spiro atoms. The number of carbonyl (C=O) groups is 1. The molecule has 0 aliphatic heterocycles. The maximum Gasteiger partial charge on any atom is 0.276 e. The molecule has 0 aliphatic rings. The van der Waals surface area contributed by atoms with Gasteiger partial charge in [-0.05, 0) is 54.6 Å². The van der Waals surface area contributed by atoms with Gasteiger partial charge in [-0.15, -0.1) is 10.2 Å². The fourth-order valence-electron chi connectivity index (χ4n) is 1.96. The zero-order chi connectivity index (χ0) is 16.9. The van der Waals surface area contributed by atoms with Crippen LogP contribution >= 0.6 is 23.2 Å². The average molecular weight is 359 g/mol. The van der Waals surface area contributed by atoms with Crippen molar-refractivity contribution in [1.82, 2.24) is 10.2 Å². The van der Waals surface area contributed by atoms with Gasteiger partial charge >= 0.3 is 0 Å². The number of halogens is 2. The number of hydrogen-bond acceptors (Lipinski definition) is 4. The summed E-state index contributed by atoms with van der Waals surface area (Å²) >= 11 is 11.7. The Morgan fingerprint density at radius 1 is 0.833 bits per heavy atom. The molecule has 0 saturated carbocycles. The Bertz CT molecular complexity index is 851. The maximum atomic E-state index is 12.1. The minimum Gasteiger partial charge on any atom is -0.339 e. The van der Waals surface area contributed by atoms with Crippen LogP contribution < -0.4 is 10.6 Å². The van der Waals surface area contributed by atoms with E-state index in [1.54, 1.807) is 48.5 Å². The Morgan fingerprint density at radius 3 is 2.29 bits per heavy atom. The van der Waals surface area contributed by atoms with Gasteiger partial charge in [0.05, 0.1) is 0 Å². The van der Waals surface area contributed by atoms with Crippen molar-refractivity contribution in [3.63, 3.8) is 0 Å². The van der Waals surface area contributed by atoms with Gasteiger partial charge in [-0.2, -0.15) is 0 Å². The van der Waals surface area contributed by atoms with E-state index in [1.807, 2.05) is 12.1 Å². The first-order valence-electron chi connectivity index (χ1n) is 7.03. The van der Waals surface area contributed by atoms with Crippen molar-refractivity contribution in [2.24, 2.45) is 0 Å². The SMILES string of the molecule is O=C(Nc1ccc(Cl)cc1)c1ccc(Nc2cccc(Cl)c2)nn1. The highest BCUT2D eigenvalue weighted by atomic mass is 35.5. The van der Waals surface area contributed by atoms with E-state index in [-0.39, 0.29) is 11.6 Å². The predicted molar refractivity (Wildman–Crippen MR) is 96.2 cm³/mol. The lowest BCUT2D eigenvalue weighted by molar-refractivity contribution is 0.102. The monoisotopic (exact) mass is 358 g/mol. The lowest BCUT2D eigenvalue weighted by Crippen LogP contribution is -2.14. The van der Waals surface area contributed by atoms with Crippen LogP contribution in [0.5, 0.6) is 0 Å². The van der Waals surface area contributed by atoms with Crippen LogP contribution in [0, 0.1) is 0 Å². The minimum absolute atomic E-state index is 0.210. The Hall–Kier alpha value is -2.63. The van der Waals surface area contributed by atoms with E-state index < -0.39 is 0 Å². The standard InChI is InChI=1S/C17H12Cl2N4O/c18-11-4-6-13(7-5-11)21-17(24)15-8-9-16(23-22-15)20-14-3-1-2-12(19)10-14/h1-10H,(H,20,23)(H,21,24). The first-order chi connectivity index (χ1) is 11.6. The highest BCUT2D eigenvalue weighted by Gasteiger charge is 2.09. The second-order valence-electron chi connectivity index (χ2n) is 4.90. The van der Waals surface area contributed by atoms with E-state index in [2.05, 4.69) is 20.8 Å². The van der Waals surface area contributed by atoms with Crippen LogP contribution in [-0.4, -0.2) is 16.1 Å². The third-order valence-electron chi connectivity index (χ3n) is 3.10. The number of hydrogen-bond donors (Lipinski definition) is 2. The summed E-state index contributed by atoms with van der Waals surface area (Å²) in [7, 11) is 0. The number of amides is 1.